The number of nitrogens with zero attached hydrogens (tertiary/aromatic N) is 3. The largest absolute Gasteiger partial charge is 0.380 e. The zero-order valence-electron chi connectivity index (χ0n) is 22.0. The van der Waals surface area contributed by atoms with Gasteiger partial charge in [0.05, 0.1) is 21.7 Å². The Kier molecular flexibility index (Phi) is 9.08. The lowest BCUT2D eigenvalue weighted by molar-refractivity contribution is -0.114. The first-order chi connectivity index (χ1) is 18.7. The lowest BCUT2D eigenvalue weighted by Crippen LogP contribution is -2.26. The van der Waals surface area contributed by atoms with E-state index in [1.54, 1.807) is 6.07 Å². The van der Waals surface area contributed by atoms with Gasteiger partial charge in [-0.2, -0.15) is 9.30 Å². The summed E-state index contributed by atoms with van der Waals surface area (Å²) in [5.74, 6) is -0.665. The van der Waals surface area contributed by atoms with Crippen molar-refractivity contribution in [2.45, 2.75) is 31.8 Å². The average Bonchev–Trinajstić information content (AvgIpc) is 3.25. The molecule has 2 amide bonds. The third-order valence-electron chi connectivity index (χ3n) is 5.92. The van der Waals surface area contributed by atoms with Gasteiger partial charge in [-0.05, 0) is 55.0 Å². The highest BCUT2D eigenvalue weighted by Crippen LogP contribution is 2.23. The number of carbonyl (C=O) groups excluding carboxylic acids is 2. The molecule has 204 valence electrons. The molecule has 0 aliphatic heterocycles. The maximum Gasteiger partial charge on any atom is 0.279 e. The Morgan fingerprint density at radius 3 is 2.44 bits per heavy atom. The monoisotopic (exact) mass is 566 g/mol. The molecule has 0 fully saturated rings. The Labute approximate surface area is 231 Å². The summed E-state index contributed by atoms with van der Waals surface area (Å²) in [5.41, 5.74) is 2.66. The number of aromatic nitrogens is 1. The van der Waals surface area contributed by atoms with Crippen LogP contribution in [0.4, 0.5) is 5.69 Å². The van der Waals surface area contributed by atoms with Crippen LogP contribution in [0.15, 0.2) is 82.7 Å². The van der Waals surface area contributed by atoms with Crippen molar-refractivity contribution in [2.75, 3.05) is 25.6 Å². The summed E-state index contributed by atoms with van der Waals surface area (Å²) in [6.45, 7) is 5.09. The van der Waals surface area contributed by atoms with Gasteiger partial charge in [0.1, 0.15) is 0 Å². The van der Waals surface area contributed by atoms with E-state index in [0.717, 1.165) is 15.8 Å². The van der Waals surface area contributed by atoms with Crippen molar-refractivity contribution in [3.05, 3.63) is 88.7 Å². The van der Waals surface area contributed by atoms with Gasteiger partial charge in [0.2, 0.25) is 15.9 Å². The Balaban J connectivity index is 1.61. The van der Waals surface area contributed by atoms with Crippen LogP contribution in [0.25, 0.3) is 10.2 Å². The minimum absolute atomic E-state index is 0.0941. The number of anilines is 1. The molecule has 1 aromatic heterocycles. The summed E-state index contributed by atoms with van der Waals surface area (Å²) in [7, 11) is -2.22. The topological polar surface area (TPSA) is 110 Å². The van der Waals surface area contributed by atoms with Crippen molar-refractivity contribution in [3.63, 3.8) is 0 Å². The molecule has 9 nitrogen and oxygen atoms in total. The standard InChI is InChI=1S/C28H30N4O5S2/c1-4-37-17-16-32-25-15-12-23(29-20(2)33)18-26(25)38-28(32)30-27(34)22-10-13-24(14-11-22)39(35,36)31(3)19-21-8-6-5-7-9-21/h5-15,18H,4,16-17,19H2,1-3H3,(H,29,33). The van der Waals surface area contributed by atoms with Gasteiger partial charge in [-0.1, -0.05) is 41.7 Å². The van der Waals surface area contributed by atoms with Crippen LogP contribution in [-0.4, -0.2) is 49.4 Å². The fraction of sp³-hybridized carbons (Fsp3) is 0.250. The summed E-state index contributed by atoms with van der Waals surface area (Å²) in [6.07, 6.45) is 0. The minimum Gasteiger partial charge on any atom is -0.380 e. The Bertz CT molecular complexity index is 1640. The van der Waals surface area contributed by atoms with Crippen LogP contribution in [0, 0.1) is 0 Å². The molecule has 0 saturated carbocycles. The normalized spacial score (nSPS) is 12.3. The summed E-state index contributed by atoms with van der Waals surface area (Å²) in [6, 6.07) is 20.6. The third-order valence-corrected chi connectivity index (χ3v) is 8.78. The van der Waals surface area contributed by atoms with E-state index in [9.17, 15) is 18.0 Å². The number of benzene rings is 3. The van der Waals surface area contributed by atoms with E-state index in [1.165, 1.54) is 53.9 Å². The molecule has 4 rings (SSSR count). The van der Waals surface area contributed by atoms with Gasteiger partial charge in [0.15, 0.2) is 4.80 Å². The maximum atomic E-state index is 13.1. The van der Waals surface area contributed by atoms with Gasteiger partial charge >= 0.3 is 0 Å². The number of fused-ring (bicyclic) bond motifs is 1. The fourth-order valence-corrected chi connectivity index (χ4v) is 6.23. The van der Waals surface area contributed by atoms with Gasteiger partial charge in [-0.25, -0.2) is 8.42 Å². The van der Waals surface area contributed by atoms with E-state index in [-0.39, 0.29) is 22.9 Å². The molecule has 0 saturated heterocycles. The lowest BCUT2D eigenvalue weighted by atomic mass is 10.2. The van der Waals surface area contributed by atoms with Crippen molar-refractivity contribution in [1.29, 1.82) is 0 Å². The highest BCUT2D eigenvalue weighted by Gasteiger charge is 2.21. The Hall–Kier alpha value is -3.64. The molecule has 4 aromatic rings. The molecule has 3 aromatic carbocycles. The first-order valence-electron chi connectivity index (χ1n) is 12.4. The van der Waals surface area contributed by atoms with Crippen LogP contribution in [0.2, 0.25) is 0 Å². The van der Waals surface area contributed by atoms with E-state index < -0.39 is 15.9 Å². The van der Waals surface area contributed by atoms with Crippen molar-refractivity contribution >= 4 is 49.1 Å². The van der Waals surface area contributed by atoms with Crippen molar-refractivity contribution < 1.29 is 22.7 Å². The number of rotatable bonds is 10. The SMILES string of the molecule is CCOCCn1c(=NC(=O)c2ccc(S(=O)(=O)N(C)Cc3ccccc3)cc2)sc2cc(NC(C)=O)ccc21. The molecular formula is C28H30N4O5S2. The summed E-state index contributed by atoms with van der Waals surface area (Å²) >= 11 is 1.32. The summed E-state index contributed by atoms with van der Waals surface area (Å²) in [5, 5.41) is 2.77. The zero-order chi connectivity index (χ0) is 28.0. The second kappa shape index (κ2) is 12.5. The third kappa shape index (κ3) is 6.87. The van der Waals surface area contributed by atoms with Crippen LogP contribution in [-0.2, 0) is 32.6 Å². The number of ether oxygens (including phenoxy) is 1. The zero-order valence-corrected chi connectivity index (χ0v) is 23.6. The first-order valence-corrected chi connectivity index (χ1v) is 14.6. The predicted octanol–water partition coefficient (Wildman–Crippen LogP) is 4.26. The van der Waals surface area contributed by atoms with Crippen LogP contribution in [0.1, 0.15) is 29.8 Å². The quantitative estimate of drug-likeness (QED) is 0.289. The second-order valence-corrected chi connectivity index (χ2v) is 11.8. The van der Waals surface area contributed by atoms with Gasteiger partial charge in [-0.15, -0.1) is 0 Å². The van der Waals surface area contributed by atoms with Crippen molar-refractivity contribution in [2.24, 2.45) is 4.99 Å². The molecule has 0 aliphatic rings. The Morgan fingerprint density at radius 2 is 1.77 bits per heavy atom. The van der Waals surface area contributed by atoms with E-state index >= 15 is 0 Å². The van der Waals surface area contributed by atoms with Gasteiger partial charge in [0.25, 0.3) is 5.91 Å². The molecule has 0 radical (unpaired) electrons. The number of nitrogens with one attached hydrogen (secondary N) is 1. The predicted molar refractivity (Wildman–Crippen MR) is 152 cm³/mol. The number of hydrogen-bond donors (Lipinski definition) is 1. The van der Waals surface area contributed by atoms with Crippen LogP contribution in [0.5, 0.6) is 0 Å². The van der Waals surface area contributed by atoms with Gasteiger partial charge in [-0.3, -0.25) is 9.59 Å². The van der Waals surface area contributed by atoms with E-state index in [0.29, 0.717) is 30.2 Å². The number of hydrogen-bond acceptors (Lipinski definition) is 6. The number of carbonyl (C=O) groups is 2. The molecule has 0 atom stereocenters. The highest BCUT2D eigenvalue weighted by atomic mass is 32.2. The Morgan fingerprint density at radius 1 is 1.05 bits per heavy atom. The number of amides is 2. The maximum absolute atomic E-state index is 13.1. The van der Waals surface area contributed by atoms with Crippen molar-refractivity contribution in [1.82, 2.24) is 8.87 Å². The second-order valence-electron chi connectivity index (χ2n) is 8.78. The molecule has 0 aliphatic carbocycles. The van der Waals surface area contributed by atoms with Crippen LogP contribution in [0.3, 0.4) is 0 Å². The van der Waals surface area contributed by atoms with Gasteiger partial charge in [0, 0.05) is 44.9 Å². The molecule has 0 unspecified atom stereocenters. The molecule has 1 heterocycles. The number of thiazole rings is 1. The molecular weight excluding hydrogens is 536 g/mol. The molecule has 0 bridgehead atoms. The molecule has 11 heteroatoms. The summed E-state index contributed by atoms with van der Waals surface area (Å²) in [4.78, 5) is 29.5. The van der Waals surface area contributed by atoms with Gasteiger partial charge < -0.3 is 14.6 Å². The first kappa shape index (κ1) is 28.4. The fourth-order valence-electron chi connectivity index (χ4n) is 3.98. The van der Waals surface area contributed by atoms with E-state index in [1.807, 2.05) is 54.0 Å². The van der Waals surface area contributed by atoms with Crippen molar-refractivity contribution in [3.8, 4) is 0 Å². The molecule has 0 spiro atoms. The van der Waals surface area contributed by atoms with Crippen LogP contribution >= 0.6 is 11.3 Å². The van der Waals surface area contributed by atoms with Crippen LogP contribution < -0.4 is 10.1 Å². The minimum atomic E-state index is -3.74. The number of sulfonamides is 1. The molecule has 1 N–H and O–H groups in total. The highest BCUT2D eigenvalue weighted by molar-refractivity contribution is 7.89. The average molecular weight is 567 g/mol. The lowest BCUT2D eigenvalue weighted by Gasteiger charge is -2.17. The van der Waals surface area contributed by atoms with E-state index in [2.05, 4.69) is 10.3 Å². The summed E-state index contributed by atoms with van der Waals surface area (Å²) < 4.78 is 35.7. The smallest absolute Gasteiger partial charge is 0.279 e. The molecule has 39 heavy (non-hydrogen) atoms. The van der Waals surface area contributed by atoms with E-state index in [4.69, 9.17) is 4.74 Å².